The molecule has 112 valence electrons. The van der Waals surface area contributed by atoms with Crippen LogP contribution in [-0.4, -0.2) is 39.6 Å². The maximum atomic E-state index is 5.43. The topological polar surface area (TPSA) is 105 Å². The summed E-state index contributed by atoms with van der Waals surface area (Å²) in [6.07, 6.45) is 4.99. The lowest BCUT2D eigenvalue weighted by molar-refractivity contribution is 0.872. The summed E-state index contributed by atoms with van der Waals surface area (Å²) >= 11 is 1.64. The Morgan fingerprint density at radius 2 is 2.00 bits per heavy atom. The fourth-order valence-corrected chi connectivity index (χ4v) is 2.85. The van der Waals surface area contributed by atoms with E-state index in [0.29, 0.717) is 17.8 Å². The first-order chi connectivity index (χ1) is 10.3. The second-order valence-electron chi connectivity index (χ2n) is 4.72. The minimum atomic E-state index is 0.378. The minimum absolute atomic E-state index is 0.378. The van der Waals surface area contributed by atoms with Crippen molar-refractivity contribution in [1.82, 2.24) is 19.9 Å². The normalized spacial score (nSPS) is 14.4. The van der Waals surface area contributed by atoms with Crippen molar-refractivity contribution in [2.75, 3.05) is 35.3 Å². The van der Waals surface area contributed by atoms with Gasteiger partial charge in [-0.2, -0.15) is 15.0 Å². The molecular weight excluding hydrogens is 288 g/mol. The van der Waals surface area contributed by atoms with Crippen molar-refractivity contribution >= 4 is 29.2 Å². The molecule has 0 amide bonds. The summed E-state index contributed by atoms with van der Waals surface area (Å²) in [4.78, 5) is 19.4. The van der Waals surface area contributed by atoms with Gasteiger partial charge in [-0.3, -0.25) is 5.43 Å². The molecule has 1 saturated heterocycles. The lowest BCUT2D eigenvalue weighted by atomic mass is 10.4. The molecule has 8 nitrogen and oxygen atoms in total. The monoisotopic (exact) mass is 306 g/mol. The standard InChI is InChI=1S/C12H18N8S/c13-19-11-16-10(15-4-3-9-14-5-8-21-9)17-12(18-11)20-6-1-2-7-20/h5,8H,1-4,6-7,13H2,(H2,15,16,17,18,19). The first-order valence-electron chi connectivity index (χ1n) is 6.95. The summed E-state index contributed by atoms with van der Waals surface area (Å²) in [5.41, 5.74) is 2.50. The third-order valence-corrected chi connectivity index (χ3v) is 4.09. The molecule has 0 saturated carbocycles. The van der Waals surface area contributed by atoms with Gasteiger partial charge in [0.05, 0.1) is 5.01 Å². The predicted octanol–water partition coefficient (Wildman–Crippen LogP) is 0.868. The number of rotatable bonds is 6. The van der Waals surface area contributed by atoms with Crippen molar-refractivity contribution in [2.24, 2.45) is 5.84 Å². The zero-order valence-corrected chi connectivity index (χ0v) is 12.4. The lowest BCUT2D eigenvalue weighted by Gasteiger charge is -2.16. The van der Waals surface area contributed by atoms with E-state index in [4.69, 9.17) is 5.84 Å². The van der Waals surface area contributed by atoms with Gasteiger partial charge in [-0.25, -0.2) is 10.8 Å². The van der Waals surface area contributed by atoms with Crippen LogP contribution in [0.2, 0.25) is 0 Å². The number of nitrogen functional groups attached to an aromatic ring is 1. The number of nitrogens with zero attached hydrogens (tertiary/aromatic N) is 5. The Morgan fingerprint density at radius 3 is 2.71 bits per heavy atom. The van der Waals surface area contributed by atoms with Crippen LogP contribution >= 0.6 is 11.3 Å². The highest BCUT2D eigenvalue weighted by molar-refractivity contribution is 7.09. The quantitative estimate of drug-likeness (QED) is 0.533. The zero-order valence-electron chi connectivity index (χ0n) is 11.6. The summed E-state index contributed by atoms with van der Waals surface area (Å²) in [6, 6.07) is 0. The second-order valence-corrected chi connectivity index (χ2v) is 5.70. The van der Waals surface area contributed by atoms with Crippen LogP contribution in [0.25, 0.3) is 0 Å². The fourth-order valence-electron chi connectivity index (χ4n) is 2.22. The number of nitrogens with one attached hydrogen (secondary N) is 2. The molecule has 0 atom stereocenters. The average molecular weight is 306 g/mol. The predicted molar refractivity (Wildman–Crippen MR) is 83.4 cm³/mol. The smallest absolute Gasteiger partial charge is 0.243 e. The highest BCUT2D eigenvalue weighted by atomic mass is 32.1. The van der Waals surface area contributed by atoms with Crippen molar-refractivity contribution in [3.05, 3.63) is 16.6 Å². The van der Waals surface area contributed by atoms with E-state index in [1.165, 1.54) is 12.8 Å². The molecule has 0 radical (unpaired) electrons. The molecule has 3 heterocycles. The van der Waals surface area contributed by atoms with Crippen LogP contribution in [0.5, 0.6) is 0 Å². The molecule has 2 aromatic heterocycles. The van der Waals surface area contributed by atoms with Crippen molar-refractivity contribution in [1.29, 1.82) is 0 Å². The summed E-state index contributed by atoms with van der Waals surface area (Å²) in [6.45, 7) is 2.68. The number of hydrogen-bond donors (Lipinski definition) is 3. The van der Waals surface area contributed by atoms with E-state index in [0.717, 1.165) is 31.1 Å². The summed E-state index contributed by atoms with van der Waals surface area (Å²) in [5.74, 6) is 7.02. The summed E-state index contributed by atoms with van der Waals surface area (Å²) in [7, 11) is 0. The highest BCUT2D eigenvalue weighted by Crippen LogP contribution is 2.18. The largest absolute Gasteiger partial charge is 0.354 e. The summed E-state index contributed by atoms with van der Waals surface area (Å²) in [5, 5.41) is 6.27. The van der Waals surface area contributed by atoms with Gasteiger partial charge in [-0.1, -0.05) is 0 Å². The van der Waals surface area contributed by atoms with Crippen LogP contribution in [-0.2, 0) is 6.42 Å². The number of aromatic nitrogens is 4. The first kappa shape index (κ1) is 14.0. The molecule has 0 unspecified atom stereocenters. The average Bonchev–Trinajstić information content (AvgIpc) is 3.20. The number of nitrogens with two attached hydrogens (primary N) is 1. The van der Waals surface area contributed by atoms with Gasteiger partial charge >= 0.3 is 0 Å². The molecule has 0 spiro atoms. The maximum Gasteiger partial charge on any atom is 0.243 e. The van der Waals surface area contributed by atoms with Gasteiger partial charge in [-0.15, -0.1) is 11.3 Å². The number of anilines is 3. The molecule has 1 aliphatic heterocycles. The van der Waals surface area contributed by atoms with Gasteiger partial charge in [0, 0.05) is 37.6 Å². The Morgan fingerprint density at radius 1 is 1.19 bits per heavy atom. The van der Waals surface area contributed by atoms with E-state index < -0.39 is 0 Å². The fraction of sp³-hybridized carbons (Fsp3) is 0.500. The molecule has 21 heavy (non-hydrogen) atoms. The van der Waals surface area contributed by atoms with Gasteiger partial charge in [0.15, 0.2) is 0 Å². The number of thiazole rings is 1. The number of hydrazine groups is 1. The van der Waals surface area contributed by atoms with Crippen molar-refractivity contribution in [3.63, 3.8) is 0 Å². The van der Waals surface area contributed by atoms with Gasteiger partial charge in [0.1, 0.15) is 0 Å². The van der Waals surface area contributed by atoms with Gasteiger partial charge in [0.25, 0.3) is 0 Å². The van der Waals surface area contributed by atoms with Crippen LogP contribution in [0.1, 0.15) is 17.8 Å². The molecular formula is C12H18N8S. The van der Waals surface area contributed by atoms with E-state index in [2.05, 4.69) is 35.6 Å². The third kappa shape index (κ3) is 3.56. The first-order valence-corrected chi connectivity index (χ1v) is 7.83. The van der Waals surface area contributed by atoms with Crippen LogP contribution in [0.4, 0.5) is 17.8 Å². The van der Waals surface area contributed by atoms with Crippen LogP contribution in [0, 0.1) is 0 Å². The zero-order chi connectivity index (χ0) is 14.5. The SMILES string of the molecule is NNc1nc(NCCc2nccs2)nc(N2CCCC2)n1. The van der Waals surface area contributed by atoms with Crippen molar-refractivity contribution < 1.29 is 0 Å². The van der Waals surface area contributed by atoms with Gasteiger partial charge < -0.3 is 10.2 Å². The number of hydrogen-bond acceptors (Lipinski definition) is 9. The van der Waals surface area contributed by atoms with Crippen molar-refractivity contribution in [2.45, 2.75) is 19.3 Å². The van der Waals surface area contributed by atoms with Crippen LogP contribution < -0.4 is 21.5 Å². The second kappa shape index (κ2) is 6.64. The van der Waals surface area contributed by atoms with Gasteiger partial charge in [0.2, 0.25) is 17.8 Å². The maximum absolute atomic E-state index is 5.43. The molecule has 1 fully saturated rings. The van der Waals surface area contributed by atoms with E-state index in [1.807, 2.05) is 11.6 Å². The summed E-state index contributed by atoms with van der Waals surface area (Å²) < 4.78 is 0. The van der Waals surface area contributed by atoms with Crippen LogP contribution in [0.15, 0.2) is 11.6 Å². The molecule has 4 N–H and O–H groups in total. The van der Waals surface area contributed by atoms with Crippen LogP contribution in [0.3, 0.4) is 0 Å². The van der Waals surface area contributed by atoms with E-state index in [9.17, 15) is 0 Å². The third-order valence-electron chi connectivity index (χ3n) is 3.25. The lowest BCUT2D eigenvalue weighted by Crippen LogP contribution is -2.23. The highest BCUT2D eigenvalue weighted by Gasteiger charge is 2.17. The Balaban J connectivity index is 1.66. The molecule has 0 bridgehead atoms. The van der Waals surface area contributed by atoms with Crippen molar-refractivity contribution in [3.8, 4) is 0 Å². The van der Waals surface area contributed by atoms with E-state index >= 15 is 0 Å². The van der Waals surface area contributed by atoms with E-state index in [-0.39, 0.29) is 0 Å². The molecule has 9 heteroatoms. The Labute approximate surface area is 126 Å². The molecule has 2 aromatic rings. The molecule has 0 aliphatic carbocycles. The Kier molecular flexibility index (Phi) is 4.41. The Hall–Kier alpha value is -2.00. The molecule has 0 aromatic carbocycles. The minimum Gasteiger partial charge on any atom is -0.354 e. The van der Waals surface area contributed by atoms with E-state index in [1.54, 1.807) is 11.3 Å². The van der Waals surface area contributed by atoms with Gasteiger partial charge in [-0.05, 0) is 12.8 Å². The Bertz CT molecular complexity index is 567. The molecule has 1 aliphatic rings. The molecule has 3 rings (SSSR count).